The van der Waals surface area contributed by atoms with Gasteiger partial charge in [0, 0.05) is 0 Å². The average molecular weight is 351 g/mol. The molecule has 1 aromatic heterocycles. The van der Waals surface area contributed by atoms with Crippen LogP contribution in [0.3, 0.4) is 0 Å². The fourth-order valence-corrected chi connectivity index (χ4v) is 1.82. The topological polar surface area (TPSA) is 88.5 Å². The zero-order valence-electron chi connectivity index (χ0n) is 10.7. The van der Waals surface area contributed by atoms with Crippen LogP contribution in [0, 0.1) is 0 Å². The van der Waals surface area contributed by atoms with Gasteiger partial charge in [0.15, 0.2) is 11.5 Å². The monoisotopic (exact) mass is 350 g/mol. The molecule has 0 saturated heterocycles. The molecule has 0 spiro atoms. The Hall–Kier alpha value is -2.41. The van der Waals surface area contributed by atoms with E-state index in [4.69, 9.17) is 9.84 Å². The van der Waals surface area contributed by atoms with Gasteiger partial charge < -0.3 is 9.84 Å². The van der Waals surface area contributed by atoms with Crippen molar-refractivity contribution in [3.8, 4) is 0 Å². The zero-order valence-corrected chi connectivity index (χ0v) is 12.3. The first-order valence-corrected chi connectivity index (χ1v) is 6.73. The van der Waals surface area contributed by atoms with Crippen LogP contribution in [-0.2, 0) is 11.3 Å². The second-order valence-corrected chi connectivity index (χ2v) is 4.87. The van der Waals surface area contributed by atoms with E-state index in [1.165, 1.54) is 12.1 Å². The van der Waals surface area contributed by atoms with Gasteiger partial charge in [0.25, 0.3) is 0 Å². The number of aromatic nitrogens is 1. The third kappa shape index (κ3) is 4.28. The number of hydrogen-bond acceptors (Lipinski definition) is 4. The summed E-state index contributed by atoms with van der Waals surface area (Å²) in [5.74, 6) is -1.09. The molecule has 0 radical (unpaired) electrons. The Morgan fingerprint density at radius 3 is 2.57 bits per heavy atom. The summed E-state index contributed by atoms with van der Waals surface area (Å²) < 4.78 is 5.49. The number of aromatic carboxylic acids is 1. The van der Waals surface area contributed by atoms with Crippen molar-refractivity contribution in [3.63, 3.8) is 0 Å². The van der Waals surface area contributed by atoms with Crippen molar-refractivity contribution in [1.29, 1.82) is 0 Å². The number of anilines is 1. The minimum atomic E-state index is -1.18. The highest BCUT2D eigenvalue weighted by molar-refractivity contribution is 9.10. The molecule has 0 bridgehead atoms. The van der Waals surface area contributed by atoms with Gasteiger partial charge in [-0.3, -0.25) is 5.32 Å². The summed E-state index contributed by atoms with van der Waals surface area (Å²) in [6, 6.07) is 12.0. The van der Waals surface area contributed by atoms with Crippen LogP contribution in [0.2, 0.25) is 0 Å². The van der Waals surface area contributed by atoms with Crippen LogP contribution in [0.4, 0.5) is 10.6 Å². The largest absolute Gasteiger partial charge is 0.477 e. The first kappa shape index (κ1) is 15.0. The number of carbonyl (C=O) groups excluding carboxylic acids is 1. The number of carbonyl (C=O) groups is 2. The Morgan fingerprint density at radius 2 is 1.90 bits per heavy atom. The van der Waals surface area contributed by atoms with E-state index in [0.717, 1.165) is 5.56 Å². The quantitative estimate of drug-likeness (QED) is 0.882. The first-order chi connectivity index (χ1) is 10.1. The number of rotatable bonds is 4. The Kier molecular flexibility index (Phi) is 4.89. The van der Waals surface area contributed by atoms with Crippen LogP contribution < -0.4 is 5.32 Å². The third-order valence-corrected chi connectivity index (χ3v) is 3.14. The highest BCUT2D eigenvalue weighted by Crippen LogP contribution is 2.20. The second-order valence-electron chi connectivity index (χ2n) is 4.02. The molecule has 0 fully saturated rings. The molecule has 1 aromatic carbocycles. The fourth-order valence-electron chi connectivity index (χ4n) is 1.50. The Balaban J connectivity index is 1.99. The standard InChI is InChI=1S/C14H11BrN2O4/c15-10-6-7-11(13(18)19)16-12(10)17-14(20)21-8-9-4-2-1-3-5-9/h1-7H,8H2,(H,18,19)(H,16,17,20). The second kappa shape index (κ2) is 6.85. The molecule has 0 atom stereocenters. The first-order valence-electron chi connectivity index (χ1n) is 5.94. The van der Waals surface area contributed by atoms with Crippen LogP contribution >= 0.6 is 15.9 Å². The van der Waals surface area contributed by atoms with Gasteiger partial charge in [-0.1, -0.05) is 30.3 Å². The average Bonchev–Trinajstić information content (AvgIpc) is 2.48. The molecule has 1 heterocycles. The van der Waals surface area contributed by atoms with E-state index in [0.29, 0.717) is 4.47 Å². The smallest absolute Gasteiger partial charge is 0.413 e. The normalized spacial score (nSPS) is 9.95. The van der Waals surface area contributed by atoms with E-state index in [1.54, 1.807) is 0 Å². The molecule has 2 N–H and O–H groups in total. The van der Waals surface area contributed by atoms with Crippen LogP contribution in [0.25, 0.3) is 0 Å². The predicted octanol–water partition coefficient (Wildman–Crippen LogP) is 3.29. The number of halogens is 1. The molecule has 1 amide bonds. The third-order valence-electron chi connectivity index (χ3n) is 2.50. The van der Waals surface area contributed by atoms with Gasteiger partial charge in [-0.05, 0) is 33.6 Å². The summed E-state index contributed by atoms with van der Waals surface area (Å²) in [7, 11) is 0. The summed E-state index contributed by atoms with van der Waals surface area (Å²) in [6.07, 6.45) is -0.713. The fraction of sp³-hybridized carbons (Fsp3) is 0.0714. The van der Waals surface area contributed by atoms with E-state index >= 15 is 0 Å². The van der Waals surface area contributed by atoms with Crippen LogP contribution in [0.1, 0.15) is 16.1 Å². The Labute approximate surface area is 128 Å². The van der Waals surface area contributed by atoms with E-state index in [1.807, 2.05) is 30.3 Å². The molecule has 21 heavy (non-hydrogen) atoms. The van der Waals surface area contributed by atoms with Gasteiger partial charge in [0.05, 0.1) is 4.47 Å². The summed E-state index contributed by atoms with van der Waals surface area (Å²) in [5.41, 5.74) is 0.676. The predicted molar refractivity (Wildman–Crippen MR) is 79.1 cm³/mol. The maximum absolute atomic E-state index is 11.7. The van der Waals surface area contributed by atoms with Gasteiger partial charge >= 0.3 is 12.1 Å². The molecule has 0 aliphatic rings. The molecular formula is C14H11BrN2O4. The van der Waals surface area contributed by atoms with E-state index in [2.05, 4.69) is 26.2 Å². The van der Waals surface area contributed by atoms with Crippen molar-refractivity contribution in [2.24, 2.45) is 0 Å². The number of carboxylic acid groups (broad SMARTS) is 1. The number of pyridine rings is 1. The van der Waals surface area contributed by atoms with Crippen molar-refractivity contribution in [3.05, 3.63) is 58.2 Å². The van der Waals surface area contributed by atoms with Gasteiger partial charge in [-0.25, -0.2) is 14.6 Å². The maximum Gasteiger partial charge on any atom is 0.413 e. The number of benzene rings is 1. The zero-order chi connectivity index (χ0) is 15.2. The molecule has 108 valence electrons. The molecule has 6 nitrogen and oxygen atoms in total. The van der Waals surface area contributed by atoms with Crippen molar-refractivity contribution in [2.45, 2.75) is 6.61 Å². The number of nitrogens with one attached hydrogen (secondary N) is 1. The summed E-state index contributed by atoms with van der Waals surface area (Å²) in [6.45, 7) is 0.114. The van der Waals surface area contributed by atoms with Gasteiger partial charge in [-0.15, -0.1) is 0 Å². The van der Waals surface area contributed by atoms with Crippen molar-refractivity contribution in [1.82, 2.24) is 4.98 Å². The summed E-state index contributed by atoms with van der Waals surface area (Å²) in [5, 5.41) is 11.3. The van der Waals surface area contributed by atoms with Gasteiger partial charge in [0.1, 0.15) is 6.61 Å². The molecule has 0 aliphatic heterocycles. The molecular weight excluding hydrogens is 340 g/mol. The van der Waals surface area contributed by atoms with Gasteiger partial charge in [-0.2, -0.15) is 0 Å². The molecule has 7 heteroatoms. The van der Waals surface area contributed by atoms with Crippen LogP contribution in [-0.4, -0.2) is 22.2 Å². The van der Waals surface area contributed by atoms with E-state index < -0.39 is 12.1 Å². The minimum absolute atomic E-state index is 0.0907. The highest BCUT2D eigenvalue weighted by atomic mass is 79.9. The number of carboxylic acids is 1. The highest BCUT2D eigenvalue weighted by Gasteiger charge is 2.12. The van der Waals surface area contributed by atoms with Crippen LogP contribution in [0.5, 0.6) is 0 Å². The lowest BCUT2D eigenvalue weighted by atomic mass is 10.2. The molecule has 0 aliphatic carbocycles. The lowest BCUT2D eigenvalue weighted by molar-refractivity contribution is 0.0690. The molecule has 2 rings (SSSR count). The Bertz CT molecular complexity index is 661. The van der Waals surface area contributed by atoms with Crippen LogP contribution in [0.15, 0.2) is 46.9 Å². The number of nitrogens with zero attached hydrogens (tertiary/aromatic N) is 1. The summed E-state index contributed by atoms with van der Waals surface area (Å²) >= 11 is 3.18. The summed E-state index contributed by atoms with van der Waals surface area (Å²) in [4.78, 5) is 26.3. The number of ether oxygens (including phenoxy) is 1. The molecule has 0 unspecified atom stereocenters. The minimum Gasteiger partial charge on any atom is -0.477 e. The van der Waals surface area contributed by atoms with Crippen molar-refractivity contribution in [2.75, 3.05) is 5.32 Å². The van der Waals surface area contributed by atoms with Gasteiger partial charge in [0.2, 0.25) is 0 Å². The Morgan fingerprint density at radius 1 is 1.19 bits per heavy atom. The lowest BCUT2D eigenvalue weighted by Gasteiger charge is -2.08. The van der Waals surface area contributed by atoms with Crippen molar-refractivity contribution >= 4 is 33.8 Å². The molecule has 0 saturated carbocycles. The SMILES string of the molecule is O=C(Nc1nc(C(=O)O)ccc1Br)OCc1ccccc1. The van der Waals surface area contributed by atoms with E-state index in [9.17, 15) is 9.59 Å². The number of hydrogen-bond donors (Lipinski definition) is 2. The van der Waals surface area contributed by atoms with E-state index in [-0.39, 0.29) is 18.1 Å². The van der Waals surface area contributed by atoms with Crippen molar-refractivity contribution < 1.29 is 19.4 Å². The number of amides is 1. The lowest BCUT2D eigenvalue weighted by Crippen LogP contribution is -2.16. The maximum atomic E-state index is 11.7. The molecule has 2 aromatic rings.